The number of pyridine rings is 2. The molecule has 1 aliphatic heterocycles. The molecule has 2 aromatic carbocycles. The highest BCUT2D eigenvalue weighted by atomic mass is 19.2. The van der Waals surface area contributed by atoms with Crippen molar-refractivity contribution in [1.29, 1.82) is 5.41 Å². The molecule has 3 aliphatic rings. The first kappa shape index (κ1) is 25.9. The highest BCUT2D eigenvalue weighted by Crippen LogP contribution is 2.47. The Hall–Kier alpha value is -4.99. The van der Waals surface area contributed by atoms with Crippen LogP contribution in [0.2, 0.25) is 0 Å². The van der Waals surface area contributed by atoms with E-state index in [1.807, 2.05) is 24.3 Å². The van der Waals surface area contributed by atoms with Gasteiger partial charge in [0.1, 0.15) is 11.9 Å². The Morgan fingerprint density at radius 2 is 1.81 bits per heavy atom. The second-order valence-electron chi connectivity index (χ2n) is 10.9. The third-order valence-electron chi connectivity index (χ3n) is 8.53. The lowest BCUT2D eigenvalue weighted by Crippen LogP contribution is -2.35. The van der Waals surface area contributed by atoms with Crippen LogP contribution < -0.4 is 10.6 Å². The maximum atomic E-state index is 14.7. The fraction of sp³-hybridized carbons (Fsp3) is 0.219. The molecular formula is C32H25F2N5O3. The predicted molar refractivity (Wildman–Crippen MR) is 151 cm³/mol. The zero-order valence-electron chi connectivity index (χ0n) is 22.3. The average Bonchev–Trinajstić information content (AvgIpc) is 3.46. The molecule has 2 aliphatic carbocycles. The number of rotatable bonds is 3. The fourth-order valence-electron chi connectivity index (χ4n) is 6.53. The summed E-state index contributed by atoms with van der Waals surface area (Å²) in [6.07, 6.45) is 3.23. The average molecular weight is 566 g/mol. The van der Waals surface area contributed by atoms with Crippen molar-refractivity contribution in [2.24, 2.45) is 0 Å². The molecule has 2 amide bonds. The molecule has 7 rings (SSSR count). The zero-order valence-corrected chi connectivity index (χ0v) is 22.3. The number of amides is 2. The summed E-state index contributed by atoms with van der Waals surface area (Å²) in [4.78, 5) is 34.8. The largest absolute Gasteiger partial charge is 0.439 e. The molecule has 1 unspecified atom stereocenters. The van der Waals surface area contributed by atoms with Gasteiger partial charge in [0.05, 0.1) is 11.1 Å². The molecule has 2 aromatic heterocycles. The van der Waals surface area contributed by atoms with Crippen LogP contribution in [0.4, 0.5) is 25.1 Å². The Morgan fingerprint density at radius 3 is 2.69 bits per heavy atom. The molecule has 0 fully saturated rings. The van der Waals surface area contributed by atoms with Gasteiger partial charge >= 0.3 is 6.09 Å². The molecule has 3 heterocycles. The molecule has 3 atom stereocenters. The minimum atomic E-state index is -0.983. The number of nitrogens with one attached hydrogen (secondary N) is 3. The first-order valence-electron chi connectivity index (χ1n) is 13.7. The third-order valence-corrected chi connectivity index (χ3v) is 8.53. The van der Waals surface area contributed by atoms with Crippen molar-refractivity contribution in [2.75, 3.05) is 10.6 Å². The number of carbonyl (C=O) groups excluding carboxylic acids is 2. The Bertz CT molecular complexity index is 1790. The van der Waals surface area contributed by atoms with Crippen LogP contribution >= 0.6 is 0 Å². The Labute approximate surface area is 239 Å². The molecule has 10 heteroatoms. The van der Waals surface area contributed by atoms with Crippen molar-refractivity contribution in [3.05, 3.63) is 118 Å². The number of aromatic nitrogens is 2. The number of benzene rings is 2. The molecule has 3 N–H and O–H groups in total. The molecule has 0 radical (unpaired) electrons. The first-order valence-corrected chi connectivity index (χ1v) is 13.7. The van der Waals surface area contributed by atoms with E-state index in [1.54, 1.807) is 30.6 Å². The molecule has 0 bridgehead atoms. The zero-order chi connectivity index (χ0) is 29.0. The van der Waals surface area contributed by atoms with Crippen molar-refractivity contribution in [3.63, 3.8) is 0 Å². The normalized spacial score (nSPS) is 22.1. The summed E-state index contributed by atoms with van der Waals surface area (Å²) in [5.74, 6) is -2.17. The molecule has 8 nitrogen and oxygen atoms in total. The van der Waals surface area contributed by atoms with Crippen LogP contribution in [-0.2, 0) is 27.8 Å². The summed E-state index contributed by atoms with van der Waals surface area (Å²) in [6.45, 7) is 0. The van der Waals surface area contributed by atoms with Crippen LogP contribution in [0.1, 0.15) is 58.4 Å². The lowest BCUT2D eigenvalue weighted by atomic mass is 9.79. The highest BCUT2D eigenvalue weighted by molar-refractivity contribution is 6.06. The van der Waals surface area contributed by atoms with E-state index < -0.39 is 35.2 Å². The van der Waals surface area contributed by atoms with Gasteiger partial charge in [-0.1, -0.05) is 24.3 Å². The van der Waals surface area contributed by atoms with Gasteiger partial charge in [-0.3, -0.25) is 15.1 Å². The van der Waals surface area contributed by atoms with Gasteiger partial charge in [0.25, 0.3) is 0 Å². The van der Waals surface area contributed by atoms with Crippen LogP contribution in [-0.4, -0.2) is 27.7 Å². The molecule has 0 saturated carbocycles. The van der Waals surface area contributed by atoms with Crippen LogP contribution in [0.15, 0.2) is 73.1 Å². The van der Waals surface area contributed by atoms with E-state index in [0.717, 1.165) is 22.8 Å². The second kappa shape index (κ2) is 9.83. The predicted octanol–water partition coefficient (Wildman–Crippen LogP) is 5.98. The lowest BCUT2D eigenvalue weighted by Gasteiger charge is -2.20. The van der Waals surface area contributed by atoms with Gasteiger partial charge in [0.2, 0.25) is 5.91 Å². The third kappa shape index (κ3) is 4.13. The van der Waals surface area contributed by atoms with Gasteiger partial charge in [-0.05, 0) is 78.8 Å². The van der Waals surface area contributed by atoms with E-state index in [2.05, 4.69) is 20.6 Å². The van der Waals surface area contributed by atoms with Gasteiger partial charge in [-0.2, -0.15) is 0 Å². The highest BCUT2D eigenvalue weighted by Gasteiger charge is 2.51. The van der Waals surface area contributed by atoms with Crippen LogP contribution in [0.5, 0.6) is 0 Å². The molecule has 1 spiro atoms. The summed E-state index contributed by atoms with van der Waals surface area (Å²) in [5.41, 5.74) is 3.65. The monoisotopic (exact) mass is 565 g/mol. The summed E-state index contributed by atoms with van der Waals surface area (Å²) < 4.78 is 34.5. The summed E-state index contributed by atoms with van der Waals surface area (Å²) in [5, 5.41) is 14.5. The maximum Gasteiger partial charge on any atom is 0.412 e. The van der Waals surface area contributed by atoms with Gasteiger partial charge in [0, 0.05) is 40.8 Å². The number of ether oxygens (including phenoxy) is 1. The molecule has 42 heavy (non-hydrogen) atoms. The molecule has 0 saturated heterocycles. The minimum Gasteiger partial charge on any atom is -0.439 e. The Morgan fingerprint density at radius 1 is 1.00 bits per heavy atom. The molecule has 4 aromatic rings. The lowest BCUT2D eigenvalue weighted by molar-refractivity contribution is -0.120. The van der Waals surface area contributed by atoms with Crippen LogP contribution in [0.25, 0.3) is 0 Å². The van der Waals surface area contributed by atoms with E-state index in [4.69, 9.17) is 10.1 Å². The number of anilines is 2. The number of halogens is 2. The number of carbonyl (C=O) groups is 2. The number of hydrogen-bond acceptors (Lipinski definition) is 6. The number of hydrogen-bond donors (Lipinski definition) is 3. The van der Waals surface area contributed by atoms with Crippen LogP contribution in [0.3, 0.4) is 0 Å². The summed E-state index contributed by atoms with van der Waals surface area (Å²) >= 11 is 0. The number of fused-ring (bicyclic) bond motifs is 4. The van der Waals surface area contributed by atoms with E-state index in [0.29, 0.717) is 35.6 Å². The van der Waals surface area contributed by atoms with Gasteiger partial charge in [0.15, 0.2) is 11.6 Å². The Kier molecular flexibility index (Phi) is 6.07. The summed E-state index contributed by atoms with van der Waals surface area (Å²) in [7, 11) is 0. The van der Waals surface area contributed by atoms with E-state index in [-0.39, 0.29) is 30.0 Å². The quantitative estimate of drug-likeness (QED) is 0.264. The first-order chi connectivity index (χ1) is 20.3. The van der Waals surface area contributed by atoms with Crippen LogP contribution in [0, 0.1) is 17.0 Å². The van der Waals surface area contributed by atoms with Gasteiger partial charge in [-0.25, -0.2) is 18.6 Å². The van der Waals surface area contributed by atoms with Gasteiger partial charge in [-0.15, -0.1) is 0 Å². The minimum absolute atomic E-state index is 0.0807. The van der Waals surface area contributed by atoms with Crippen molar-refractivity contribution < 1.29 is 23.1 Å². The SMILES string of the molecule is N=C1c2cccnc2[C@H](OC(=O)Nc2ccc3c(c2)CC2(C3)C(=O)Nc3ncccc32)CC[C@H]1c1cccc(F)c1F. The number of nitrogens with zero attached hydrogens (tertiary/aromatic N) is 2. The summed E-state index contributed by atoms with van der Waals surface area (Å²) in [6, 6.07) is 16.6. The second-order valence-corrected chi connectivity index (χ2v) is 10.9. The smallest absolute Gasteiger partial charge is 0.412 e. The van der Waals surface area contributed by atoms with Crippen molar-refractivity contribution in [1.82, 2.24) is 9.97 Å². The van der Waals surface area contributed by atoms with E-state index >= 15 is 0 Å². The standard InChI is InChI=1S/C32H25F2N5O3/c33-24-7-1-4-20(26(24)34)21-10-11-25(28-22(27(21)35)5-2-12-36-28)42-31(41)38-19-9-8-17-15-32(16-18(17)14-19)23-6-3-13-37-29(23)39-30(32)40/h1-9,12-14,21,25,35H,10-11,15-16H2,(H,38,41)(H,37,39,40)/t21-,25+,32?/m0/s1. The molecular weight excluding hydrogens is 540 g/mol. The van der Waals surface area contributed by atoms with E-state index in [9.17, 15) is 18.4 Å². The van der Waals surface area contributed by atoms with Crippen molar-refractivity contribution >= 4 is 29.2 Å². The van der Waals surface area contributed by atoms with Gasteiger partial charge < -0.3 is 15.5 Å². The van der Waals surface area contributed by atoms with Crippen molar-refractivity contribution in [2.45, 2.75) is 43.1 Å². The van der Waals surface area contributed by atoms with E-state index in [1.165, 1.54) is 12.1 Å². The fourth-order valence-corrected chi connectivity index (χ4v) is 6.53. The Balaban J connectivity index is 1.10. The van der Waals surface area contributed by atoms with Crippen molar-refractivity contribution in [3.8, 4) is 0 Å². The molecule has 210 valence electrons. The topological polar surface area (TPSA) is 117 Å². The maximum absolute atomic E-state index is 14.7.